The third kappa shape index (κ3) is 4.96. The number of nitrogens with zero attached hydrogens (tertiary/aromatic N) is 2. The van der Waals surface area contributed by atoms with Crippen LogP contribution < -0.4 is 20.5 Å². The van der Waals surface area contributed by atoms with E-state index in [1.807, 2.05) is 35.2 Å². The molecule has 2 aromatic rings. The Balaban J connectivity index is 1.65. The molecular weight excluding hydrogens is 364 g/mol. The maximum atomic E-state index is 12.5. The molecule has 0 bridgehead atoms. The number of fused-ring (bicyclic) bond motifs is 1. The molecule has 28 heavy (non-hydrogen) atoms. The van der Waals surface area contributed by atoms with E-state index in [4.69, 9.17) is 15.2 Å². The van der Waals surface area contributed by atoms with Gasteiger partial charge in [0.15, 0.2) is 11.5 Å². The first kappa shape index (κ1) is 19.6. The summed E-state index contributed by atoms with van der Waals surface area (Å²) in [6.07, 6.45) is 0.776. The highest BCUT2D eigenvalue weighted by Gasteiger charge is 2.24. The summed E-state index contributed by atoms with van der Waals surface area (Å²) in [5.41, 5.74) is 6.66. The Morgan fingerprint density at radius 2 is 1.89 bits per heavy atom. The zero-order valence-corrected chi connectivity index (χ0v) is 15.3. The van der Waals surface area contributed by atoms with E-state index in [0.29, 0.717) is 25.4 Å². The number of rotatable bonds is 9. The number of anilines is 1. The second-order valence-corrected chi connectivity index (χ2v) is 6.33. The number of nitro benzene ring substituents is 1. The van der Waals surface area contributed by atoms with Crippen molar-refractivity contribution in [1.82, 2.24) is 4.90 Å². The van der Waals surface area contributed by atoms with Gasteiger partial charge < -0.3 is 20.5 Å². The molecule has 2 aromatic carbocycles. The zero-order valence-electron chi connectivity index (χ0n) is 15.3. The van der Waals surface area contributed by atoms with Crippen LogP contribution in [0.2, 0.25) is 0 Å². The van der Waals surface area contributed by atoms with E-state index in [1.54, 1.807) is 0 Å². The van der Waals surface area contributed by atoms with Gasteiger partial charge >= 0.3 is 0 Å². The standard InChI is InChI=1S/C19H22N4O5/c20-7-9-22(8-6-14-4-2-1-3-5-14)12-19(24)21-15-10-17-18(28-13-27-17)11-16(15)23(25)26/h1-5,10-11H,6-9,12-13,20H2,(H,21,24). The van der Waals surface area contributed by atoms with E-state index in [9.17, 15) is 14.9 Å². The second kappa shape index (κ2) is 9.16. The molecule has 1 aliphatic heterocycles. The molecule has 0 atom stereocenters. The van der Waals surface area contributed by atoms with Gasteiger partial charge in [0.1, 0.15) is 5.69 Å². The number of nitrogens with two attached hydrogens (primary N) is 1. The van der Waals surface area contributed by atoms with Crippen molar-refractivity contribution in [3.63, 3.8) is 0 Å². The molecule has 0 saturated carbocycles. The Morgan fingerprint density at radius 1 is 1.18 bits per heavy atom. The monoisotopic (exact) mass is 386 g/mol. The summed E-state index contributed by atoms with van der Waals surface area (Å²) in [7, 11) is 0. The van der Waals surface area contributed by atoms with E-state index in [1.165, 1.54) is 12.1 Å². The van der Waals surface area contributed by atoms with Gasteiger partial charge in [-0.1, -0.05) is 30.3 Å². The molecule has 3 N–H and O–H groups in total. The zero-order chi connectivity index (χ0) is 19.9. The first-order valence-electron chi connectivity index (χ1n) is 8.91. The molecule has 9 heteroatoms. The number of amides is 1. The summed E-state index contributed by atoms with van der Waals surface area (Å²) >= 11 is 0. The number of nitro groups is 1. The molecule has 9 nitrogen and oxygen atoms in total. The number of nitrogens with one attached hydrogen (secondary N) is 1. The van der Waals surface area contributed by atoms with Crippen LogP contribution in [0.1, 0.15) is 5.56 Å². The summed E-state index contributed by atoms with van der Waals surface area (Å²) in [5, 5.41) is 13.9. The average molecular weight is 386 g/mol. The van der Waals surface area contributed by atoms with Gasteiger partial charge in [0.2, 0.25) is 12.7 Å². The predicted molar refractivity (Wildman–Crippen MR) is 103 cm³/mol. The van der Waals surface area contributed by atoms with E-state index < -0.39 is 4.92 Å². The fourth-order valence-electron chi connectivity index (χ4n) is 2.96. The van der Waals surface area contributed by atoms with Gasteiger partial charge in [-0.15, -0.1) is 0 Å². The highest BCUT2D eigenvalue weighted by molar-refractivity contribution is 5.95. The number of carbonyl (C=O) groups excluding carboxylic acids is 1. The predicted octanol–water partition coefficient (Wildman–Crippen LogP) is 1.77. The van der Waals surface area contributed by atoms with Crippen molar-refractivity contribution in [2.75, 3.05) is 38.3 Å². The van der Waals surface area contributed by atoms with E-state index in [0.717, 1.165) is 12.0 Å². The Bertz CT molecular complexity index is 844. The molecule has 0 spiro atoms. The number of hydrogen-bond acceptors (Lipinski definition) is 7. The van der Waals surface area contributed by atoms with E-state index >= 15 is 0 Å². The first-order valence-corrected chi connectivity index (χ1v) is 8.91. The minimum absolute atomic E-state index is 0.00630. The molecule has 0 aliphatic carbocycles. The molecule has 148 valence electrons. The second-order valence-electron chi connectivity index (χ2n) is 6.33. The summed E-state index contributed by atoms with van der Waals surface area (Å²) in [5.74, 6) is 0.296. The molecule has 1 aliphatic rings. The first-order chi connectivity index (χ1) is 13.6. The van der Waals surface area contributed by atoms with Crippen LogP contribution in [0.15, 0.2) is 42.5 Å². The van der Waals surface area contributed by atoms with Crippen LogP contribution in [0.3, 0.4) is 0 Å². The summed E-state index contributed by atoms with van der Waals surface area (Å²) in [6.45, 7) is 1.68. The third-order valence-electron chi connectivity index (χ3n) is 4.33. The van der Waals surface area contributed by atoms with Crippen molar-refractivity contribution in [3.05, 3.63) is 58.1 Å². The van der Waals surface area contributed by atoms with E-state index in [-0.39, 0.29) is 36.4 Å². The Kier molecular flexibility index (Phi) is 6.41. The van der Waals surface area contributed by atoms with Crippen molar-refractivity contribution in [2.45, 2.75) is 6.42 Å². The van der Waals surface area contributed by atoms with Crippen LogP contribution >= 0.6 is 0 Å². The molecule has 1 heterocycles. The molecule has 0 radical (unpaired) electrons. The van der Waals surface area contributed by atoms with Gasteiger partial charge in [0.25, 0.3) is 5.69 Å². The number of ether oxygens (including phenoxy) is 2. The average Bonchev–Trinajstić information content (AvgIpc) is 3.13. The van der Waals surface area contributed by atoms with Gasteiger partial charge in [-0.2, -0.15) is 0 Å². The lowest BCUT2D eigenvalue weighted by Gasteiger charge is -2.21. The number of benzene rings is 2. The van der Waals surface area contributed by atoms with Crippen molar-refractivity contribution >= 4 is 17.3 Å². The Morgan fingerprint density at radius 3 is 2.57 bits per heavy atom. The Hall–Kier alpha value is -3.17. The molecular formula is C19H22N4O5. The van der Waals surface area contributed by atoms with Crippen LogP contribution in [0.4, 0.5) is 11.4 Å². The minimum Gasteiger partial charge on any atom is -0.454 e. The number of carbonyl (C=O) groups is 1. The summed E-state index contributed by atoms with van der Waals surface area (Å²) in [4.78, 5) is 25.2. The third-order valence-corrected chi connectivity index (χ3v) is 4.33. The Labute approximate surface area is 162 Å². The van der Waals surface area contributed by atoms with Crippen LogP contribution in [-0.2, 0) is 11.2 Å². The van der Waals surface area contributed by atoms with Crippen LogP contribution in [0.5, 0.6) is 11.5 Å². The highest BCUT2D eigenvalue weighted by atomic mass is 16.7. The van der Waals surface area contributed by atoms with Crippen molar-refractivity contribution < 1.29 is 19.2 Å². The summed E-state index contributed by atoms with van der Waals surface area (Å²) in [6, 6.07) is 12.6. The normalized spacial score (nSPS) is 12.2. The smallest absolute Gasteiger partial charge is 0.296 e. The maximum Gasteiger partial charge on any atom is 0.296 e. The molecule has 0 saturated heterocycles. The van der Waals surface area contributed by atoms with Gasteiger partial charge in [0, 0.05) is 25.7 Å². The van der Waals surface area contributed by atoms with Gasteiger partial charge in [-0.3, -0.25) is 19.8 Å². The number of hydrogen-bond donors (Lipinski definition) is 2. The topological polar surface area (TPSA) is 120 Å². The highest BCUT2D eigenvalue weighted by Crippen LogP contribution is 2.40. The van der Waals surface area contributed by atoms with Crippen LogP contribution in [0, 0.1) is 10.1 Å². The lowest BCUT2D eigenvalue weighted by Crippen LogP contribution is -2.38. The van der Waals surface area contributed by atoms with Gasteiger partial charge in [-0.25, -0.2) is 0 Å². The maximum absolute atomic E-state index is 12.5. The van der Waals surface area contributed by atoms with Crippen LogP contribution in [-0.4, -0.2) is 48.7 Å². The van der Waals surface area contributed by atoms with Crippen molar-refractivity contribution in [2.24, 2.45) is 5.73 Å². The quantitative estimate of drug-likeness (QED) is 0.498. The molecule has 1 amide bonds. The minimum atomic E-state index is -0.565. The fraction of sp³-hybridized carbons (Fsp3) is 0.316. The molecule has 0 fully saturated rings. The molecule has 3 rings (SSSR count). The summed E-state index contributed by atoms with van der Waals surface area (Å²) < 4.78 is 10.4. The molecule has 0 unspecified atom stereocenters. The lowest BCUT2D eigenvalue weighted by atomic mass is 10.1. The lowest BCUT2D eigenvalue weighted by molar-refractivity contribution is -0.384. The largest absolute Gasteiger partial charge is 0.454 e. The molecule has 0 aromatic heterocycles. The SMILES string of the molecule is NCCN(CCc1ccccc1)CC(=O)Nc1cc2c(cc1[N+](=O)[O-])OCO2. The van der Waals surface area contributed by atoms with Crippen molar-refractivity contribution in [3.8, 4) is 11.5 Å². The van der Waals surface area contributed by atoms with Crippen LogP contribution in [0.25, 0.3) is 0 Å². The van der Waals surface area contributed by atoms with Gasteiger partial charge in [0.05, 0.1) is 17.5 Å². The van der Waals surface area contributed by atoms with E-state index in [2.05, 4.69) is 5.32 Å². The fourth-order valence-corrected chi connectivity index (χ4v) is 2.96. The van der Waals surface area contributed by atoms with Crippen molar-refractivity contribution in [1.29, 1.82) is 0 Å². The van der Waals surface area contributed by atoms with Gasteiger partial charge in [-0.05, 0) is 12.0 Å².